The maximum Gasteiger partial charge on any atom is 0.113 e. The second-order valence-corrected chi connectivity index (χ2v) is 2.65. The summed E-state index contributed by atoms with van der Waals surface area (Å²) in [6.45, 7) is 8.65. The molecule has 0 aromatic heterocycles. The molecule has 1 heteroatoms. The van der Waals surface area contributed by atoms with Gasteiger partial charge in [0.1, 0.15) is 7.28 Å². The molecule has 0 aliphatic heterocycles. The van der Waals surface area contributed by atoms with Gasteiger partial charge < -0.3 is 0 Å². The van der Waals surface area contributed by atoms with Gasteiger partial charge in [-0.15, -0.1) is 0 Å². The fourth-order valence-corrected chi connectivity index (χ4v) is 0. The molecule has 0 N–H and O–H groups in total. The Morgan fingerprint density at radius 2 is 1.29 bits per heavy atom. The van der Waals surface area contributed by atoms with Crippen molar-refractivity contribution in [3.05, 3.63) is 0 Å². The number of hydrogen-bond donors (Lipinski definition) is 0. The smallest absolute Gasteiger partial charge is 0.0915 e. The zero-order valence-corrected chi connectivity index (χ0v) is 5.08. The van der Waals surface area contributed by atoms with Crippen LogP contribution in [0.3, 0.4) is 0 Å². The van der Waals surface area contributed by atoms with E-state index < -0.39 is 0 Å². The highest BCUT2D eigenvalue weighted by molar-refractivity contribution is 6.37. The molecule has 0 fully saturated rings. The van der Waals surface area contributed by atoms with Gasteiger partial charge in [-0.1, -0.05) is 40.3 Å². The van der Waals surface area contributed by atoms with Crippen LogP contribution in [0.5, 0.6) is 0 Å². The second-order valence-electron chi connectivity index (χ2n) is 2.65. The van der Waals surface area contributed by atoms with E-state index in [2.05, 4.69) is 34.9 Å². The van der Waals surface area contributed by atoms with Crippen LogP contribution in [-0.2, 0) is 0 Å². The Morgan fingerprint density at radius 1 is 1.14 bits per heavy atom. The molecule has 1 radical (unpaired) electrons. The largest absolute Gasteiger partial charge is 0.113 e. The molecule has 43 valence electrons. The third-order valence-corrected chi connectivity index (χ3v) is 0.866. The van der Waals surface area contributed by atoms with Crippen LogP contribution in [0.15, 0.2) is 0 Å². The number of rotatable bonds is 0. The van der Waals surface area contributed by atoms with E-state index in [0.717, 1.165) is 0 Å². The lowest BCUT2D eigenvalue weighted by molar-refractivity contribution is 0.756. The average Bonchev–Trinajstić information content (AvgIpc) is 1.35. The zero-order valence-electron chi connectivity index (χ0n) is 5.08. The fourth-order valence-electron chi connectivity index (χ4n) is 0. The minimum atomic E-state index is 0. The molecule has 0 bridgehead atoms. The van der Waals surface area contributed by atoms with Gasteiger partial charge in [0.25, 0.3) is 0 Å². The van der Waals surface area contributed by atoms with Gasteiger partial charge in [0, 0.05) is 0 Å². The molecular weight excluding hydrogens is 82.9 g/mol. The SMILES string of the molecule is C.C[B]C(C)(C)C. The van der Waals surface area contributed by atoms with Crippen molar-refractivity contribution in [3.63, 3.8) is 0 Å². The monoisotopic (exact) mass is 99.1 g/mol. The Labute approximate surface area is 48.6 Å². The molecule has 0 nitrogen and oxygen atoms in total. The molecule has 0 aromatic rings. The van der Waals surface area contributed by atoms with E-state index in [0.29, 0.717) is 5.31 Å². The Morgan fingerprint density at radius 3 is 1.29 bits per heavy atom. The van der Waals surface area contributed by atoms with Crippen LogP contribution in [0, 0.1) is 0 Å². The van der Waals surface area contributed by atoms with Crippen molar-refractivity contribution in [2.75, 3.05) is 0 Å². The van der Waals surface area contributed by atoms with Gasteiger partial charge in [0.15, 0.2) is 0 Å². The van der Waals surface area contributed by atoms with E-state index in [9.17, 15) is 0 Å². The van der Waals surface area contributed by atoms with Crippen LogP contribution >= 0.6 is 0 Å². The molecule has 0 spiro atoms. The summed E-state index contributed by atoms with van der Waals surface area (Å²) in [6.07, 6.45) is 0. The summed E-state index contributed by atoms with van der Waals surface area (Å²) in [5.74, 6) is 0. The summed E-state index contributed by atoms with van der Waals surface area (Å²) < 4.78 is 0. The third-order valence-electron chi connectivity index (χ3n) is 0.866. The second kappa shape index (κ2) is 3.12. The highest BCUT2D eigenvalue weighted by atomic mass is 13.9. The first-order valence-electron chi connectivity index (χ1n) is 2.37. The van der Waals surface area contributed by atoms with Crippen molar-refractivity contribution >= 4 is 7.28 Å². The maximum absolute atomic E-state index is 2.19. The van der Waals surface area contributed by atoms with Crippen molar-refractivity contribution < 1.29 is 0 Å². The van der Waals surface area contributed by atoms with Crippen LogP contribution in [0.1, 0.15) is 28.2 Å². The van der Waals surface area contributed by atoms with Crippen LogP contribution < -0.4 is 0 Å². The molecule has 0 atom stereocenters. The summed E-state index contributed by atoms with van der Waals surface area (Å²) in [4.78, 5) is 0. The predicted molar refractivity (Wildman–Crippen MR) is 38.1 cm³/mol. The predicted octanol–water partition coefficient (Wildman–Crippen LogP) is 2.59. The lowest BCUT2D eigenvalue weighted by Crippen LogP contribution is -2.01. The van der Waals surface area contributed by atoms with Crippen LogP contribution in [0.4, 0.5) is 0 Å². The van der Waals surface area contributed by atoms with Gasteiger partial charge >= 0.3 is 0 Å². The minimum Gasteiger partial charge on any atom is -0.0915 e. The standard InChI is InChI=1S/C5H12B.CH4/c1-5(2,3)6-4;/h1-4H3;1H4. The molecule has 0 heterocycles. The van der Waals surface area contributed by atoms with E-state index in [-0.39, 0.29) is 7.43 Å². The van der Waals surface area contributed by atoms with Crippen molar-refractivity contribution in [1.82, 2.24) is 0 Å². The molecule has 0 aliphatic carbocycles. The Kier molecular flexibility index (Phi) is 4.51. The quantitative estimate of drug-likeness (QED) is 0.409. The Hall–Kier alpha value is 0.0649. The summed E-state index contributed by atoms with van der Waals surface area (Å²) in [7, 11) is 2.19. The maximum atomic E-state index is 2.19. The lowest BCUT2D eigenvalue weighted by atomic mass is 9.57. The molecule has 0 amide bonds. The summed E-state index contributed by atoms with van der Waals surface area (Å²) >= 11 is 0. The summed E-state index contributed by atoms with van der Waals surface area (Å²) in [5.41, 5.74) is 0. The topological polar surface area (TPSA) is 0 Å². The van der Waals surface area contributed by atoms with Gasteiger partial charge in [-0.05, 0) is 0 Å². The molecular formula is C6H16B. The summed E-state index contributed by atoms with van der Waals surface area (Å²) in [5, 5.41) is 0.417. The van der Waals surface area contributed by atoms with E-state index in [1.165, 1.54) is 0 Å². The lowest BCUT2D eigenvalue weighted by Gasteiger charge is -2.11. The van der Waals surface area contributed by atoms with Crippen LogP contribution in [0.25, 0.3) is 0 Å². The van der Waals surface area contributed by atoms with E-state index in [4.69, 9.17) is 0 Å². The molecule has 0 unspecified atom stereocenters. The van der Waals surface area contributed by atoms with Gasteiger partial charge in [-0.25, -0.2) is 0 Å². The van der Waals surface area contributed by atoms with Gasteiger partial charge in [0.2, 0.25) is 0 Å². The average molecular weight is 99.0 g/mol. The first-order chi connectivity index (χ1) is 2.56. The van der Waals surface area contributed by atoms with Crippen molar-refractivity contribution in [2.45, 2.75) is 40.3 Å². The number of hydrogen-bond acceptors (Lipinski definition) is 0. The van der Waals surface area contributed by atoms with Crippen molar-refractivity contribution in [2.24, 2.45) is 0 Å². The normalized spacial score (nSPS) is 9.71. The molecule has 0 aliphatic rings. The fraction of sp³-hybridized carbons (Fsp3) is 1.00. The van der Waals surface area contributed by atoms with Gasteiger partial charge in [-0.2, -0.15) is 0 Å². The molecule has 0 saturated heterocycles. The van der Waals surface area contributed by atoms with E-state index in [1.807, 2.05) is 0 Å². The molecule has 0 aromatic carbocycles. The highest BCUT2D eigenvalue weighted by Gasteiger charge is 2.04. The Balaban J connectivity index is 0. The zero-order chi connectivity index (χ0) is 5.21. The van der Waals surface area contributed by atoms with Crippen LogP contribution in [0.2, 0.25) is 12.1 Å². The van der Waals surface area contributed by atoms with Gasteiger partial charge in [0.05, 0.1) is 0 Å². The third kappa shape index (κ3) is 10.7. The van der Waals surface area contributed by atoms with E-state index in [1.54, 1.807) is 0 Å². The van der Waals surface area contributed by atoms with E-state index >= 15 is 0 Å². The van der Waals surface area contributed by atoms with Crippen molar-refractivity contribution in [3.8, 4) is 0 Å². The summed E-state index contributed by atoms with van der Waals surface area (Å²) in [6, 6.07) is 0. The molecule has 0 rings (SSSR count). The van der Waals surface area contributed by atoms with Crippen LogP contribution in [-0.4, -0.2) is 7.28 Å². The molecule has 7 heavy (non-hydrogen) atoms. The molecule has 0 saturated carbocycles. The Bertz CT molecular complexity index is 33.9. The van der Waals surface area contributed by atoms with Crippen molar-refractivity contribution in [1.29, 1.82) is 0 Å². The first-order valence-corrected chi connectivity index (χ1v) is 2.37. The highest BCUT2D eigenvalue weighted by Crippen LogP contribution is 2.18. The van der Waals surface area contributed by atoms with Gasteiger partial charge in [-0.3, -0.25) is 0 Å². The minimum absolute atomic E-state index is 0. The first kappa shape index (κ1) is 10.1.